The Labute approximate surface area is 139 Å². The third-order valence-electron chi connectivity index (χ3n) is 3.49. The monoisotopic (exact) mass is 317 g/mol. The number of hydrogen-bond donors (Lipinski definition) is 0. The van der Waals surface area contributed by atoms with E-state index in [1.54, 1.807) is 24.3 Å². The molecule has 3 aromatic rings. The highest BCUT2D eigenvalue weighted by molar-refractivity contribution is 6.49. The molecule has 0 spiro atoms. The van der Waals surface area contributed by atoms with Crippen LogP contribution >= 0.6 is 0 Å². The molecule has 0 N–H and O–H groups in total. The van der Waals surface area contributed by atoms with Crippen LogP contribution in [0.4, 0.5) is 0 Å². The van der Waals surface area contributed by atoms with Gasteiger partial charge in [-0.3, -0.25) is 14.6 Å². The summed E-state index contributed by atoms with van der Waals surface area (Å²) in [6, 6.07) is 19.4. The predicted molar refractivity (Wildman–Crippen MR) is 90.1 cm³/mol. The summed E-state index contributed by atoms with van der Waals surface area (Å²) in [7, 11) is 0. The standard InChI is InChI=1S/C20H15NO3/c22-19(16-9-11-21-12-10-16)20(23)17-7-4-8-18(13-17)24-14-15-5-2-1-3-6-15/h1-13H,14H2. The summed E-state index contributed by atoms with van der Waals surface area (Å²) < 4.78 is 5.69. The van der Waals surface area contributed by atoms with Gasteiger partial charge in [-0.15, -0.1) is 0 Å². The number of aromatic nitrogens is 1. The minimum Gasteiger partial charge on any atom is -0.489 e. The summed E-state index contributed by atoms with van der Waals surface area (Å²) >= 11 is 0. The number of pyridine rings is 1. The molecule has 3 rings (SSSR count). The average molecular weight is 317 g/mol. The van der Waals surface area contributed by atoms with E-state index in [2.05, 4.69) is 4.98 Å². The summed E-state index contributed by atoms with van der Waals surface area (Å²) in [6.45, 7) is 0.400. The maximum atomic E-state index is 12.3. The number of hydrogen-bond acceptors (Lipinski definition) is 4. The van der Waals surface area contributed by atoms with Gasteiger partial charge in [0.1, 0.15) is 12.4 Å². The highest BCUT2D eigenvalue weighted by Gasteiger charge is 2.18. The molecule has 1 aromatic heterocycles. The van der Waals surface area contributed by atoms with Crippen LogP contribution in [0.2, 0.25) is 0 Å². The Balaban J connectivity index is 1.73. The van der Waals surface area contributed by atoms with Gasteiger partial charge in [0.15, 0.2) is 0 Å². The van der Waals surface area contributed by atoms with E-state index < -0.39 is 11.6 Å². The van der Waals surface area contributed by atoms with Crippen LogP contribution in [0.3, 0.4) is 0 Å². The van der Waals surface area contributed by atoms with Crippen molar-refractivity contribution in [3.8, 4) is 5.75 Å². The first-order valence-corrected chi connectivity index (χ1v) is 7.50. The van der Waals surface area contributed by atoms with E-state index in [1.165, 1.54) is 24.5 Å². The van der Waals surface area contributed by atoms with E-state index in [0.717, 1.165) is 5.56 Å². The number of benzene rings is 2. The first-order chi connectivity index (χ1) is 11.7. The van der Waals surface area contributed by atoms with Crippen molar-refractivity contribution < 1.29 is 14.3 Å². The van der Waals surface area contributed by atoms with Crippen molar-refractivity contribution in [2.24, 2.45) is 0 Å². The van der Waals surface area contributed by atoms with Crippen LogP contribution in [0.5, 0.6) is 5.75 Å². The van der Waals surface area contributed by atoms with Crippen molar-refractivity contribution in [2.45, 2.75) is 6.61 Å². The highest BCUT2D eigenvalue weighted by Crippen LogP contribution is 2.17. The number of nitrogens with zero attached hydrogens (tertiary/aromatic N) is 1. The third kappa shape index (κ3) is 3.73. The van der Waals surface area contributed by atoms with Crippen molar-refractivity contribution in [3.63, 3.8) is 0 Å². The minimum absolute atomic E-state index is 0.308. The van der Waals surface area contributed by atoms with E-state index in [4.69, 9.17) is 4.74 Å². The number of ketones is 2. The van der Waals surface area contributed by atoms with Crippen LogP contribution in [0.15, 0.2) is 79.1 Å². The SMILES string of the molecule is O=C(C(=O)c1cccc(OCc2ccccc2)c1)c1ccncc1. The summed E-state index contributed by atoms with van der Waals surface area (Å²) in [5, 5.41) is 0. The quantitative estimate of drug-likeness (QED) is 0.513. The Hall–Kier alpha value is -3.27. The summed E-state index contributed by atoms with van der Waals surface area (Å²) in [4.78, 5) is 28.4. The minimum atomic E-state index is -0.564. The average Bonchev–Trinajstić information content (AvgIpc) is 2.67. The molecule has 0 saturated carbocycles. The molecule has 24 heavy (non-hydrogen) atoms. The zero-order valence-corrected chi connectivity index (χ0v) is 12.9. The molecular weight excluding hydrogens is 302 g/mol. The predicted octanol–water partition coefficient (Wildman–Crippen LogP) is 3.73. The van der Waals surface area contributed by atoms with Crippen LogP contribution < -0.4 is 4.74 Å². The van der Waals surface area contributed by atoms with Crippen molar-refractivity contribution in [3.05, 3.63) is 95.8 Å². The molecule has 0 bridgehead atoms. The van der Waals surface area contributed by atoms with Crippen LogP contribution in [0, 0.1) is 0 Å². The lowest BCUT2D eigenvalue weighted by Crippen LogP contribution is -2.14. The molecule has 2 aromatic carbocycles. The smallest absolute Gasteiger partial charge is 0.233 e. The van der Waals surface area contributed by atoms with Crippen LogP contribution in [-0.4, -0.2) is 16.6 Å². The Kier molecular flexibility index (Phi) is 4.77. The highest BCUT2D eigenvalue weighted by atomic mass is 16.5. The largest absolute Gasteiger partial charge is 0.489 e. The van der Waals surface area contributed by atoms with Crippen LogP contribution in [0.1, 0.15) is 26.3 Å². The number of carbonyl (C=O) groups excluding carboxylic acids is 2. The van der Waals surface area contributed by atoms with Crippen molar-refractivity contribution in [1.29, 1.82) is 0 Å². The Morgan fingerprint density at radius 1 is 0.792 bits per heavy atom. The zero-order chi connectivity index (χ0) is 16.8. The lowest BCUT2D eigenvalue weighted by atomic mass is 10.0. The van der Waals surface area contributed by atoms with E-state index >= 15 is 0 Å². The molecular formula is C20H15NO3. The lowest BCUT2D eigenvalue weighted by Gasteiger charge is -2.07. The Bertz CT molecular complexity index is 845. The first kappa shape index (κ1) is 15.6. The van der Waals surface area contributed by atoms with E-state index in [0.29, 0.717) is 23.5 Å². The van der Waals surface area contributed by atoms with E-state index in [-0.39, 0.29) is 0 Å². The number of rotatable bonds is 6. The molecule has 4 nitrogen and oxygen atoms in total. The summed E-state index contributed by atoms with van der Waals surface area (Å²) in [5.74, 6) is -0.573. The lowest BCUT2D eigenvalue weighted by molar-refractivity contribution is 0.0816. The van der Waals surface area contributed by atoms with Gasteiger partial charge in [0.25, 0.3) is 0 Å². The number of carbonyl (C=O) groups is 2. The molecule has 0 unspecified atom stereocenters. The fourth-order valence-corrected chi connectivity index (χ4v) is 2.23. The Morgan fingerprint density at radius 2 is 1.50 bits per heavy atom. The maximum Gasteiger partial charge on any atom is 0.233 e. The molecule has 0 atom stereocenters. The number of ether oxygens (including phenoxy) is 1. The summed E-state index contributed by atoms with van der Waals surface area (Å²) in [5.41, 5.74) is 1.66. The second-order valence-electron chi connectivity index (χ2n) is 5.20. The molecule has 0 amide bonds. The van der Waals surface area contributed by atoms with Crippen molar-refractivity contribution in [1.82, 2.24) is 4.98 Å². The fourth-order valence-electron chi connectivity index (χ4n) is 2.23. The molecule has 0 radical (unpaired) electrons. The van der Waals surface area contributed by atoms with Crippen LogP contribution in [0.25, 0.3) is 0 Å². The van der Waals surface area contributed by atoms with Gasteiger partial charge < -0.3 is 4.74 Å². The molecule has 0 saturated heterocycles. The fraction of sp³-hybridized carbons (Fsp3) is 0.0500. The van der Waals surface area contributed by atoms with Gasteiger partial charge in [0, 0.05) is 23.5 Å². The van der Waals surface area contributed by atoms with E-state index in [9.17, 15) is 9.59 Å². The first-order valence-electron chi connectivity index (χ1n) is 7.50. The normalized spacial score (nSPS) is 10.2. The molecule has 0 fully saturated rings. The Morgan fingerprint density at radius 3 is 2.25 bits per heavy atom. The van der Waals surface area contributed by atoms with Crippen molar-refractivity contribution >= 4 is 11.6 Å². The third-order valence-corrected chi connectivity index (χ3v) is 3.49. The molecule has 1 heterocycles. The van der Waals surface area contributed by atoms with Crippen molar-refractivity contribution in [2.75, 3.05) is 0 Å². The molecule has 4 heteroatoms. The second kappa shape index (κ2) is 7.33. The van der Waals surface area contributed by atoms with Gasteiger partial charge in [-0.05, 0) is 29.8 Å². The molecule has 0 aliphatic carbocycles. The van der Waals surface area contributed by atoms with Gasteiger partial charge in [0.05, 0.1) is 0 Å². The molecule has 0 aliphatic rings. The maximum absolute atomic E-state index is 12.3. The van der Waals surface area contributed by atoms with Gasteiger partial charge in [-0.25, -0.2) is 0 Å². The molecule has 0 aliphatic heterocycles. The topological polar surface area (TPSA) is 56.3 Å². The number of Topliss-reactive ketones (excluding diaryl/α,β-unsaturated/α-hetero) is 2. The van der Waals surface area contributed by atoms with Gasteiger partial charge in [-0.1, -0.05) is 42.5 Å². The van der Waals surface area contributed by atoms with Gasteiger partial charge in [0.2, 0.25) is 11.6 Å². The van der Waals surface area contributed by atoms with Gasteiger partial charge >= 0.3 is 0 Å². The van der Waals surface area contributed by atoms with Crippen LogP contribution in [-0.2, 0) is 6.61 Å². The molecule has 118 valence electrons. The second-order valence-corrected chi connectivity index (χ2v) is 5.20. The van der Waals surface area contributed by atoms with Gasteiger partial charge in [-0.2, -0.15) is 0 Å². The summed E-state index contributed by atoms with van der Waals surface area (Å²) in [6.07, 6.45) is 2.97. The van der Waals surface area contributed by atoms with E-state index in [1.807, 2.05) is 30.3 Å². The zero-order valence-electron chi connectivity index (χ0n) is 12.9.